The molecule has 1 aromatic carbocycles. The zero-order chi connectivity index (χ0) is 27.8. The average Bonchev–Trinajstić information content (AvgIpc) is 3.66. The molecule has 3 aliphatic rings. The molecule has 2 aliphatic heterocycles. The number of benzene rings is 1. The molecule has 3 fully saturated rings. The number of hydrogen-bond donors (Lipinski definition) is 3. The summed E-state index contributed by atoms with van der Waals surface area (Å²) in [6.45, 7) is 6.22. The summed E-state index contributed by atoms with van der Waals surface area (Å²) in [5.41, 5.74) is 2.47. The Bertz CT molecular complexity index is 1540. The molecule has 13 heteroatoms. The van der Waals surface area contributed by atoms with Gasteiger partial charge in [0.15, 0.2) is 5.65 Å². The lowest BCUT2D eigenvalue weighted by Gasteiger charge is -2.43. The molecule has 40 heavy (non-hydrogen) atoms. The molecule has 6 rings (SSSR count). The molecule has 206 valence electrons. The van der Waals surface area contributed by atoms with Gasteiger partial charge in [0.05, 0.1) is 34.2 Å². The van der Waals surface area contributed by atoms with Crippen molar-refractivity contribution in [3.63, 3.8) is 0 Å². The molecule has 0 bridgehead atoms. The van der Waals surface area contributed by atoms with Crippen molar-refractivity contribution in [2.45, 2.75) is 44.7 Å². The summed E-state index contributed by atoms with van der Waals surface area (Å²) in [4.78, 5) is 25.6. The van der Waals surface area contributed by atoms with Gasteiger partial charge < -0.3 is 20.9 Å². The Morgan fingerprint density at radius 2 is 2.02 bits per heavy atom. The number of hydrogen-bond acceptors (Lipinski definition) is 10. The maximum Gasteiger partial charge on any atom is 0.232 e. The van der Waals surface area contributed by atoms with Gasteiger partial charge in [-0.2, -0.15) is 30.1 Å². The number of nitrogens with zero attached hydrogens (tertiary/aromatic N) is 8. The Morgan fingerprint density at radius 1 is 1.18 bits per heavy atom. The van der Waals surface area contributed by atoms with Gasteiger partial charge in [-0.3, -0.25) is 9.69 Å². The highest BCUT2D eigenvalue weighted by Crippen LogP contribution is 2.38. The van der Waals surface area contributed by atoms with Gasteiger partial charge in [-0.15, -0.1) is 0 Å². The van der Waals surface area contributed by atoms with Crippen LogP contribution >= 0.6 is 11.6 Å². The summed E-state index contributed by atoms with van der Waals surface area (Å²) in [5.74, 6) is 1.26. The van der Waals surface area contributed by atoms with E-state index in [-0.39, 0.29) is 17.9 Å². The van der Waals surface area contributed by atoms with Gasteiger partial charge in [-0.1, -0.05) is 11.6 Å². The van der Waals surface area contributed by atoms with Crippen molar-refractivity contribution in [3.8, 4) is 12.1 Å². The lowest BCUT2D eigenvalue weighted by molar-refractivity contribution is -0.123. The Morgan fingerprint density at radius 3 is 2.75 bits per heavy atom. The van der Waals surface area contributed by atoms with Crippen molar-refractivity contribution in [2.75, 3.05) is 48.3 Å². The number of rotatable bonds is 7. The highest BCUT2D eigenvalue weighted by Gasteiger charge is 2.30. The van der Waals surface area contributed by atoms with Crippen LogP contribution < -0.4 is 20.9 Å². The predicted octanol–water partition coefficient (Wildman–Crippen LogP) is 2.88. The van der Waals surface area contributed by atoms with E-state index in [4.69, 9.17) is 11.6 Å². The molecule has 3 N–H and O–H groups in total. The fourth-order valence-corrected chi connectivity index (χ4v) is 5.80. The largest absolute Gasteiger partial charge is 0.365 e. The lowest BCUT2D eigenvalue weighted by Crippen LogP contribution is -2.53. The van der Waals surface area contributed by atoms with E-state index >= 15 is 0 Å². The summed E-state index contributed by atoms with van der Waals surface area (Å²) < 4.78 is 1.53. The number of carbonyl (C=O) groups excluding carboxylic acids is 1. The number of piperazine rings is 1. The molecular weight excluding hydrogens is 530 g/mol. The molecule has 0 spiro atoms. The second kappa shape index (κ2) is 10.8. The normalized spacial score (nSPS) is 21.5. The maximum atomic E-state index is 11.8. The van der Waals surface area contributed by atoms with Gasteiger partial charge in [-0.25, -0.2) is 0 Å². The number of amides is 1. The van der Waals surface area contributed by atoms with Crippen molar-refractivity contribution >= 4 is 46.4 Å². The summed E-state index contributed by atoms with van der Waals surface area (Å²) >= 11 is 6.97. The highest BCUT2D eigenvalue weighted by atomic mass is 35.5. The number of carbonyl (C=O) groups is 1. The van der Waals surface area contributed by atoms with E-state index in [1.807, 2.05) is 6.07 Å². The fourth-order valence-electron chi connectivity index (χ4n) is 5.54. The van der Waals surface area contributed by atoms with Crippen LogP contribution in [0.1, 0.15) is 43.7 Å². The second-order valence-electron chi connectivity index (χ2n) is 10.8. The number of nitrogens with one attached hydrogen (secondary N) is 3. The van der Waals surface area contributed by atoms with Crippen LogP contribution in [0.25, 0.3) is 5.65 Å². The molecule has 0 unspecified atom stereocenters. The fraction of sp³-hybridized carbons (Fsp3) is 0.481. The van der Waals surface area contributed by atoms with Crippen LogP contribution in [0.4, 0.5) is 23.3 Å². The first-order valence-electron chi connectivity index (χ1n) is 13.6. The number of aromatic nitrogens is 4. The number of piperidine rings is 1. The Hall–Kier alpha value is -4.13. The highest BCUT2D eigenvalue weighted by molar-refractivity contribution is 6.36. The summed E-state index contributed by atoms with van der Waals surface area (Å²) in [6, 6.07) is 8.34. The minimum Gasteiger partial charge on any atom is -0.365 e. The quantitative estimate of drug-likeness (QED) is 0.394. The van der Waals surface area contributed by atoms with Crippen molar-refractivity contribution in [3.05, 3.63) is 34.5 Å². The van der Waals surface area contributed by atoms with Crippen LogP contribution in [0.5, 0.6) is 0 Å². The summed E-state index contributed by atoms with van der Waals surface area (Å²) in [7, 11) is 0. The number of nitriles is 2. The van der Waals surface area contributed by atoms with Gasteiger partial charge in [-0.05, 0) is 44.2 Å². The summed E-state index contributed by atoms with van der Waals surface area (Å²) in [6.07, 6.45) is 5.15. The van der Waals surface area contributed by atoms with Gasteiger partial charge >= 0.3 is 0 Å². The van der Waals surface area contributed by atoms with Crippen LogP contribution in [0, 0.1) is 28.6 Å². The first kappa shape index (κ1) is 26.1. The smallest absolute Gasteiger partial charge is 0.232 e. The molecule has 1 amide bonds. The van der Waals surface area contributed by atoms with Crippen LogP contribution in [-0.4, -0.2) is 75.2 Å². The molecule has 1 aliphatic carbocycles. The second-order valence-corrected chi connectivity index (χ2v) is 11.2. The molecule has 1 saturated carbocycles. The number of fused-ring (bicyclic) bond motifs is 1. The number of anilines is 4. The van der Waals surface area contributed by atoms with E-state index in [2.05, 4.69) is 59.9 Å². The minimum atomic E-state index is 0.138. The van der Waals surface area contributed by atoms with Gasteiger partial charge in [0, 0.05) is 51.2 Å². The van der Waals surface area contributed by atoms with E-state index in [9.17, 15) is 15.3 Å². The van der Waals surface area contributed by atoms with Crippen LogP contribution in [0.2, 0.25) is 5.02 Å². The van der Waals surface area contributed by atoms with Gasteiger partial charge in [0.25, 0.3) is 0 Å². The lowest BCUT2D eigenvalue weighted by atomic mass is 9.96. The van der Waals surface area contributed by atoms with Crippen molar-refractivity contribution < 1.29 is 4.79 Å². The molecule has 3 aromatic rings. The predicted molar refractivity (Wildman–Crippen MR) is 151 cm³/mol. The van der Waals surface area contributed by atoms with Crippen molar-refractivity contribution in [1.82, 2.24) is 29.8 Å². The van der Waals surface area contributed by atoms with Gasteiger partial charge in [0.1, 0.15) is 11.6 Å². The zero-order valence-corrected chi connectivity index (χ0v) is 22.9. The van der Waals surface area contributed by atoms with Gasteiger partial charge in [0.2, 0.25) is 17.8 Å². The standard InChI is InChI=1S/C27H30ClN11O/c1-16-14-37(15-17-4-5-31-23(40)10-17)6-7-38(16)22-9-18(11-29)8-21(24(22)28)34-26-35-25-19(12-30)13-32-39(25)27(36-26)33-20-2-3-20/h8-9,13,16-17,20H,2-7,10,14-15H2,1H3,(H,31,40)(H2,33,34,35,36)/t16-,17+/m0/s1. The third kappa shape index (κ3) is 5.33. The zero-order valence-electron chi connectivity index (χ0n) is 22.2. The Kier molecular flexibility index (Phi) is 7.05. The van der Waals surface area contributed by atoms with Crippen molar-refractivity contribution in [2.24, 2.45) is 5.92 Å². The maximum absolute atomic E-state index is 11.8. The summed E-state index contributed by atoms with van der Waals surface area (Å²) in [5, 5.41) is 33.6. The average molecular weight is 560 g/mol. The number of halogens is 1. The van der Waals surface area contributed by atoms with E-state index in [1.165, 1.54) is 10.7 Å². The first-order chi connectivity index (χ1) is 19.4. The Labute approximate surface area is 236 Å². The van der Waals surface area contributed by atoms with E-state index in [0.29, 0.717) is 51.8 Å². The molecule has 2 saturated heterocycles. The Balaban J connectivity index is 1.25. The van der Waals surface area contributed by atoms with E-state index in [0.717, 1.165) is 57.7 Å². The molecule has 2 aromatic heterocycles. The molecule has 12 nitrogen and oxygen atoms in total. The SMILES string of the molecule is C[C@H]1CN(C[C@@H]2CCNC(=O)C2)CCN1c1cc(C#N)cc(Nc2nc(NC3CC3)n3ncc(C#N)c3n2)c1Cl. The molecule has 4 heterocycles. The topological polar surface area (TPSA) is 150 Å². The van der Waals surface area contributed by atoms with E-state index < -0.39 is 0 Å². The van der Waals surface area contributed by atoms with Crippen LogP contribution in [0.3, 0.4) is 0 Å². The van der Waals surface area contributed by atoms with E-state index in [1.54, 1.807) is 6.07 Å². The molecule has 0 radical (unpaired) electrons. The third-order valence-corrected chi connectivity index (χ3v) is 8.11. The molecule has 2 atom stereocenters. The monoisotopic (exact) mass is 559 g/mol. The third-order valence-electron chi connectivity index (χ3n) is 7.71. The molecular formula is C27H30ClN11O. The minimum absolute atomic E-state index is 0.138. The van der Waals surface area contributed by atoms with Crippen LogP contribution in [0.15, 0.2) is 18.3 Å². The first-order valence-corrected chi connectivity index (χ1v) is 14.0. The van der Waals surface area contributed by atoms with Crippen molar-refractivity contribution in [1.29, 1.82) is 10.5 Å². The van der Waals surface area contributed by atoms with Crippen LogP contribution in [-0.2, 0) is 4.79 Å².